The summed E-state index contributed by atoms with van der Waals surface area (Å²) >= 11 is 0. The van der Waals surface area contributed by atoms with Crippen molar-refractivity contribution < 1.29 is 19.4 Å². The zero-order chi connectivity index (χ0) is 24.5. The predicted molar refractivity (Wildman–Crippen MR) is 129 cm³/mol. The largest absolute Gasteiger partial charge is 0.492 e. The predicted octanol–water partition coefficient (Wildman–Crippen LogP) is 2.53. The topological polar surface area (TPSA) is 112 Å². The van der Waals surface area contributed by atoms with Crippen molar-refractivity contribution in [1.82, 2.24) is 24.0 Å². The number of imidazole rings is 1. The molecule has 2 aromatic heterocycles. The number of fused-ring (bicyclic) bond motifs is 1. The highest BCUT2D eigenvalue weighted by molar-refractivity contribution is 5.77. The Morgan fingerprint density at radius 2 is 1.82 bits per heavy atom. The Kier molecular flexibility index (Phi) is 9.88. The minimum absolute atomic E-state index is 0.137. The van der Waals surface area contributed by atoms with Gasteiger partial charge in [-0.2, -0.15) is 4.98 Å². The molecule has 3 rings (SSSR count). The maximum Gasteiger partial charge on any atom is 0.352 e. The van der Waals surface area contributed by atoms with Gasteiger partial charge in [-0.25, -0.2) is 9.78 Å². The van der Waals surface area contributed by atoms with E-state index < -0.39 is 5.69 Å². The van der Waals surface area contributed by atoms with Crippen molar-refractivity contribution in [3.63, 3.8) is 0 Å². The van der Waals surface area contributed by atoms with Crippen LogP contribution in [0.15, 0.2) is 4.79 Å². The van der Waals surface area contributed by atoms with Crippen molar-refractivity contribution in [1.29, 1.82) is 0 Å². The number of likely N-dealkylation sites (tertiary alicyclic amines) is 1. The summed E-state index contributed by atoms with van der Waals surface area (Å²) in [5.41, 5.74) is 0.507. The van der Waals surface area contributed by atoms with Crippen LogP contribution in [0.4, 0.5) is 0 Å². The van der Waals surface area contributed by atoms with Crippen molar-refractivity contribution in [3.8, 4) is 5.88 Å². The Labute approximate surface area is 200 Å². The molecule has 0 radical (unpaired) electrons. The molecule has 10 heteroatoms. The zero-order valence-electron chi connectivity index (χ0n) is 20.8. The van der Waals surface area contributed by atoms with Crippen LogP contribution in [0, 0.1) is 6.92 Å². The summed E-state index contributed by atoms with van der Waals surface area (Å²) in [7, 11) is 3.05. The quantitative estimate of drug-likeness (QED) is 0.326. The number of aromatic nitrogens is 4. The molecule has 1 N–H and O–H groups in total. The number of hydrogen-bond acceptors (Lipinski definition) is 8. The number of aryl methyl sites for hydroxylation is 3. The number of hydrogen-bond donors (Lipinski definition) is 1. The average molecular weight is 478 g/mol. The lowest BCUT2D eigenvalue weighted by atomic mass is 10.2. The molecule has 0 aliphatic carbocycles. The molecule has 1 saturated heterocycles. The molecule has 0 aromatic carbocycles. The fourth-order valence-electron chi connectivity index (χ4n) is 4.58. The van der Waals surface area contributed by atoms with Crippen LogP contribution < -0.4 is 5.69 Å². The van der Waals surface area contributed by atoms with Gasteiger partial charge < -0.3 is 24.0 Å². The van der Waals surface area contributed by atoms with E-state index >= 15 is 0 Å². The van der Waals surface area contributed by atoms with E-state index in [1.165, 1.54) is 11.7 Å². The number of carbonyl (C=O) groups excluding carboxylic acids is 1. The lowest BCUT2D eigenvalue weighted by molar-refractivity contribution is -0.140. The third-order valence-electron chi connectivity index (χ3n) is 6.60. The third-order valence-corrected chi connectivity index (χ3v) is 6.60. The average Bonchev–Trinajstić information content (AvgIpc) is 3.41. The highest BCUT2D eigenvalue weighted by Gasteiger charge is 2.22. The molecule has 1 aliphatic heterocycles. The maximum atomic E-state index is 11.8. The van der Waals surface area contributed by atoms with Crippen molar-refractivity contribution in [2.45, 2.75) is 77.4 Å². The minimum atomic E-state index is -0.500. The SMILES string of the molecule is COC(=O)CCCCCO[C@@H]1CCN(CCCCCCn2c(C)nc3c2c(O)nc(=O)n3C)C1. The van der Waals surface area contributed by atoms with E-state index in [4.69, 9.17) is 4.74 Å². The Bertz CT molecular complexity index is 1000. The summed E-state index contributed by atoms with van der Waals surface area (Å²) < 4.78 is 14.0. The molecule has 10 nitrogen and oxygen atoms in total. The summed E-state index contributed by atoms with van der Waals surface area (Å²) in [5.74, 6) is 0.396. The van der Waals surface area contributed by atoms with Crippen LogP contribution in [-0.4, -0.2) is 74.5 Å². The second-order valence-corrected chi connectivity index (χ2v) is 9.14. The van der Waals surface area contributed by atoms with Gasteiger partial charge in [0.1, 0.15) is 11.3 Å². The number of nitrogens with zero attached hydrogens (tertiary/aromatic N) is 5. The molecular weight excluding hydrogens is 438 g/mol. The van der Waals surface area contributed by atoms with E-state index in [1.807, 2.05) is 11.5 Å². The minimum Gasteiger partial charge on any atom is -0.492 e. The monoisotopic (exact) mass is 477 g/mol. The molecule has 1 atom stereocenters. The summed E-state index contributed by atoms with van der Waals surface area (Å²) in [6, 6.07) is 0. The molecule has 2 aromatic rings. The van der Waals surface area contributed by atoms with Gasteiger partial charge in [0.2, 0.25) is 5.88 Å². The highest BCUT2D eigenvalue weighted by Crippen LogP contribution is 2.22. The Hall–Kier alpha value is -2.46. The number of ether oxygens (including phenoxy) is 2. The van der Waals surface area contributed by atoms with Gasteiger partial charge in [-0.3, -0.25) is 9.36 Å². The van der Waals surface area contributed by atoms with Gasteiger partial charge in [0, 0.05) is 39.7 Å². The zero-order valence-corrected chi connectivity index (χ0v) is 20.8. The fraction of sp³-hybridized carbons (Fsp3) is 0.750. The van der Waals surface area contributed by atoms with Crippen LogP contribution in [0.1, 0.15) is 63.6 Å². The summed E-state index contributed by atoms with van der Waals surface area (Å²) in [4.78, 5) is 33.5. The van der Waals surface area contributed by atoms with Crippen LogP contribution >= 0.6 is 0 Å². The maximum absolute atomic E-state index is 11.8. The first-order chi connectivity index (χ1) is 16.4. The molecule has 0 saturated carbocycles. The first kappa shape index (κ1) is 26.2. The van der Waals surface area contributed by atoms with Crippen LogP contribution in [0.5, 0.6) is 5.88 Å². The van der Waals surface area contributed by atoms with E-state index in [2.05, 4.69) is 19.6 Å². The van der Waals surface area contributed by atoms with Crippen LogP contribution in [-0.2, 0) is 27.9 Å². The summed E-state index contributed by atoms with van der Waals surface area (Å²) in [6.45, 7) is 6.60. The molecule has 1 aliphatic rings. The number of carbonyl (C=O) groups is 1. The van der Waals surface area contributed by atoms with Gasteiger partial charge in [0.25, 0.3) is 0 Å². The van der Waals surface area contributed by atoms with Gasteiger partial charge in [0.15, 0.2) is 5.65 Å². The lowest BCUT2D eigenvalue weighted by Gasteiger charge is -2.16. The van der Waals surface area contributed by atoms with Gasteiger partial charge >= 0.3 is 11.7 Å². The molecular formula is C24H39N5O5. The normalized spacial score (nSPS) is 16.5. The second-order valence-electron chi connectivity index (χ2n) is 9.14. The second kappa shape index (κ2) is 12.9. The highest BCUT2D eigenvalue weighted by atomic mass is 16.5. The third kappa shape index (κ3) is 7.02. The molecule has 1 fully saturated rings. The van der Waals surface area contributed by atoms with E-state index in [1.54, 1.807) is 7.05 Å². The smallest absolute Gasteiger partial charge is 0.352 e. The van der Waals surface area contributed by atoms with E-state index in [0.29, 0.717) is 23.7 Å². The van der Waals surface area contributed by atoms with Gasteiger partial charge in [-0.1, -0.05) is 19.3 Å². The molecule has 34 heavy (non-hydrogen) atoms. The number of unbranched alkanes of at least 4 members (excludes halogenated alkanes) is 5. The summed E-state index contributed by atoms with van der Waals surface area (Å²) in [5, 5.41) is 10.2. The molecule has 0 spiro atoms. The first-order valence-electron chi connectivity index (χ1n) is 12.4. The molecule has 3 heterocycles. The van der Waals surface area contributed by atoms with E-state index in [9.17, 15) is 14.7 Å². The van der Waals surface area contributed by atoms with Gasteiger partial charge in [0.05, 0.1) is 13.2 Å². The van der Waals surface area contributed by atoms with Crippen LogP contribution in [0.3, 0.4) is 0 Å². The number of methoxy groups -OCH3 is 1. The van der Waals surface area contributed by atoms with E-state index in [0.717, 1.165) is 90.0 Å². The number of aromatic hydroxyl groups is 1. The number of rotatable bonds is 14. The van der Waals surface area contributed by atoms with Crippen molar-refractivity contribution in [2.75, 3.05) is 33.4 Å². The fourth-order valence-corrected chi connectivity index (χ4v) is 4.58. The number of esters is 1. The molecule has 0 unspecified atom stereocenters. The van der Waals surface area contributed by atoms with Gasteiger partial charge in [-0.05, 0) is 45.6 Å². The lowest BCUT2D eigenvalue weighted by Crippen LogP contribution is -2.24. The summed E-state index contributed by atoms with van der Waals surface area (Å²) in [6.07, 6.45) is 9.15. The Balaban J connectivity index is 1.27. The molecule has 190 valence electrons. The van der Waals surface area contributed by atoms with Crippen LogP contribution in [0.25, 0.3) is 11.2 Å². The van der Waals surface area contributed by atoms with Crippen LogP contribution in [0.2, 0.25) is 0 Å². The Morgan fingerprint density at radius 3 is 2.59 bits per heavy atom. The van der Waals surface area contributed by atoms with E-state index in [-0.39, 0.29) is 11.8 Å². The first-order valence-corrected chi connectivity index (χ1v) is 12.4. The molecule has 0 bridgehead atoms. The Morgan fingerprint density at radius 1 is 1.09 bits per heavy atom. The van der Waals surface area contributed by atoms with Gasteiger partial charge in [-0.15, -0.1) is 0 Å². The molecule has 0 amide bonds. The van der Waals surface area contributed by atoms with Crippen molar-refractivity contribution in [2.24, 2.45) is 7.05 Å². The standard InChI is InChI=1S/C24H39N5O5/c1-18-25-22-21(23(31)26-24(32)27(22)2)29(18)14-9-5-4-8-13-28-15-12-19(17-28)34-16-10-6-7-11-20(30)33-3/h19H,4-17H2,1-3H3,(H,26,31,32)/t19-/m1/s1. The van der Waals surface area contributed by atoms with Crippen molar-refractivity contribution >= 4 is 17.1 Å². The van der Waals surface area contributed by atoms with Crippen molar-refractivity contribution in [3.05, 3.63) is 16.3 Å².